The number of aliphatic hydroxyl groups is 5. The smallest absolute Gasteiger partial charge is 0.311 e. The molecule has 1 aromatic carbocycles. The molecular formula is C49H77N3O14. The second-order valence-electron chi connectivity index (χ2n) is 20.2. The fourth-order valence-corrected chi connectivity index (χ4v) is 10.2. The van der Waals surface area contributed by atoms with E-state index < -0.39 is 108 Å². The summed E-state index contributed by atoms with van der Waals surface area (Å²) in [6.07, 6.45) is -8.78. The summed E-state index contributed by atoms with van der Waals surface area (Å²) in [4.78, 5) is 48.4. The van der Waals surface area contributed by atoms with E-state index in [0.29, 0.717) is 12.8 Å². The van der Waals surface area contributed by atoms with Crippen LogP contribution in [0.2, 0.25) is 0 Å². The van der Waals surface area contributed by atoms with Gasteiger partial charge in [-0.1, -0.05) is 39.0 Å². The lowest BCUT2D eigenvalue weighted by Crippen LogP contribution is -2.61. The highest BCUT2D eigenvalue weighted by molar-refractivity contribution is 5.83. The predicted molar refractivity (Wildman–Crippen MR) is 244 cm³/mol. The molecule has 3 aliphatic rings. The van der Waals surface area contributed by atoms with E-state index >= 15 is 0 Å². The molecule has 3 saturated heterocycles. The second kappa shape index (κ2) is 22.0. The van der Waals surface area contributed by atoms with Crippen molar-refractivity contribution in [3.63, 3.8) is 0 Å². The molecule has 0 bridgehead atoms. The first kappa shape index (κ1) is 53.8. The van der Waals surface area contributed by atoms with Gasteiger partial charge in [0, 0.05) is 68.3 Å². The van der Waals surface area contributed by atoms with Gasteiger partial charge in [-0.2, -0.15) is 0 Å². The predicted octanol–water partition coefficient (Wildman–Crippen LogP) is 3.06. The average Bonchev–Trinajstić information content (AvgIpc) is 3.26. The molecule has 0 saturated carbocycles. The van der Waals surface area contributed by atoms with Gasteiger partial charge in [-0.05, 0) is 92.6 Å². The molecule has 0 aliphatic carbocycles. The molecule has 2 aromatic rings. The number of benzene rings is 1. The van der Waals surface area contributed by atoms with E-state index in [1.807, 2.05) is 56.3 Å². The number of hydrogen-bond acceptors (Lipinski definition) is 16. The standard InChI is InChI=1S/C49H77N3O14/c1-26-23-47(7,59)44(66-46-40(55)35(52(10)11)21-27(2)62-46)29(4)41(65-38-24-48(8,61-12)43(57)31(6)63-38)30(5)45(58)64-36(49(9,60)42(56)28(3)39(26)54)19-20-50-37(53)18-17-32-22-33-15-13-14-16-34(33)51-25-32/h13-16,22,25-31,35-36,38,40-44,46,55-57,59-60H,17-21,23-24H2,1-12H3,(H,50,53)/t26-,27?,28+,29+,30-,31?,35?,36-,38?,40?,41+,42-,43?,44-,46?,47-,48?,49-/m1/s1. The molecular weight excluding hydrogens is 855 g/mol. The SMILES string of the molecule is COC1(C)CC(O[C@H]2[C@H](C)[C@@H](OC3OC(C)CC(N(C)C)C3O)[C@](C)(O)C[C@@H](C)C(=O)[C@H](C)[C@@H](O)[C@](C)(O)[C@@H](CCNC(=O)CCc3cnc4ccccc4c3)OC(=O)[C@@H]2C)OC(C)C1O. The number of rotatable bonds is 12. The quantitative estimate of drug-likeness (QED) is 0.168. The number of methoxy groups -OCH3 is 1. The minimum atomic E-state index is -2.21. The molecule has 3 aliphatic heterocycles. The number of aromatic nitrogens is 1. The Morgan fingerprint density at radius 1 is 0.939 bits per heavy atom. The van der Waals surface area contributed by atoms with E-state index in [2.05, 4.69) is 10.3 Å². The Kier molecular flexibility index (Phi) is 18.0. The number of ketones is 1. The number of likely N-dealkylation sites (N-methyl/N-ethyl adjacent to an activating group) is 1. The number of nitrogens with one attached hydrogen (secondary N) is 1. The van der Waals surface area contributed by atoms with E-state index in [9.17, 15) is 39.9 Å². The molecule has 3 fully saturated rings. The number of hydrogen-bond donors (Lipinski definition) is 6. The molecule has 0 spiro atoms. The van der Waals surface area contributed by atoms with Crippen molar-refractivity contribution in [1.82, 2.24) is 15.2 Å². The zero-order chi connectivity index (χ0) is 49.1. The van der Waals surface area contributed by atoms with E-state index in [-0.39, 0.29) is 50.3 Å². The summed E-state index contributed by atoms with van der Waals surface area (Å²) in [7, 11) is 5.14. The van der Waals surface area contributed by atoms with Gasteiger partial charge in [0.25, 0.3) is 0 Å². The maximum absolute atomic E-state index is 14.7. The van der Waals surface area contributed by atoms with E-state index in [1.165, 1.54) is 27.9 Å². The van der Waals surface area contributed by atoms with Gasteiger partial charge < -0.3 is 64.2 Å². The average molecular weight is 932 g/mol. The number of esters is 1. The lowest BCUT2D eigenvalue weighted by atomic mass is 9.74. The molecule has 0 radical (unpaired) electrons. The zero-order valence-electron chi connectivity index (χ0n) is 40.9. The summed E-state index contributed by atoms with van der Waals surface area (Å²) in [5.41, 5.74) is -3.46. The number of carbonyl (C=O) groups excluding carboxylic acids is 3. The molecule has 6 N–H and O–H groups in total. The summed E-state index contributed by atoms with van der Waals surface area (Å²) in [5.74, 6) is -5.87. The molecule has 17 heteroatoms. The van der Waals surface area contributed by atoms with Crippen LogP contribution in [0.5, 0.6) is 0 Å². The number of carbonyl (C=O) groups is 3. The van der Waals surface area contributed by atoms with Gasteiger partial charge >= 0.3 is 5.97 Å². The Balaban J connectivity index is 1.48. The maximum atomic E-state index is 14.7. The number of fused-ring (bicyclic) bond motifs is 1. The summed E-state index contributed by atoms with van der Waals surface area (Å²) >= 11 is 0. The van der Waals surface area contributed by atoms with Crippen LogP contribution in [0.1, 0.15) is 100.0 Å². The Bertz CT molecular complexity index is 1950. The lowest BCUT2D eigenvalue weighted by molar-refractivity contribution is -0.318. The highest BCUT2D eigenvalue weighted by atomic mass is 16.7. The molecule has 372 valence electrons. The minimum absolute atomic E-state index is 0.0401. The summed E-state index contributed by atoms with van der Waals surface area (Å²) < 4.78 is 37.7. The third kappa shape index (κ3) is 12.3. The number of aryl methyl sites for hydroxylation is 1. The molecule has 5 rings (SSSR count). The van der Waals surface area contributed by atoms with Gasteiger partial charge in [0.05, 0.1) is 53.2 Å². The van der Waals surface area contributed by atoms with Crippen molar-refractivity contribution in [2.75, 3.05) is 27.7 Å². The number of cyclic esters (lactones) is 1. The highest BCUT2D eigenvalue weighted by Crippen LogP contribution is 2.41. The van der Waals surface area contributed by atoms with Crippen molar-refractivity contribution in [3.05, 3.63) is 42.1 Å². The number of para-hydroxylation sites is 1. The summed E-state index contributed by atoms with van der Waals surface area (Å²) in [6, 6.07) is 9.30. The van der Waals surface area contributed by atoms with Crippen LogP contribution in [0.15, 0.2) is 36.5 Å². The summed E-state index contributed by atoms with van der Waals surface area (Å²) in [6.45, 7) is 14.3. The van der Waals surface area contributed by atoms with E-state index in [4.69, 9.17) is 28.4 Å². The molecule has 17 nitrogen and oxygen atoms in total. The molecule has 1 aromatic heterocycles. The van der Waals surface area contributed by atoms with Gasteiger partial charge in [-0.25, -0.2) is 0 Å². The fraction of sp³-hybridized carbons (Fsp3) is 0.755. The number of ether oxygens (including phenoxy) is 6. The second-order valence-corrected chi connectivity index (χ2v) is 20.2. The lowest BCUT2D eigenvalue weighted by Gasteiger charge is -2.49. The maximum Gasteiger partial charge on any atom is 0.311 e. The Hall–Kier alpha value is -3.20. The van der Waals surface area contributed by atoms with Crippen LogP contribution in [-0.2, 0) is 49.2 Å². The Morgan fingerprint density at radius 2 is 1.62 bits per heavy atom. The first-order valence-electron chi connectivity index (χ1n) is 23.5. The van der Waals surface area contributed by atoms with Gasteiger partial charge in [-0.15, -0.1) is 0 Å². The van der Waals surface area contributed by atoms with Crippen LogP contribution in [0, 0.1) is 23.7 Å². The number of amides is 1. The van der Waals surface area contributed by atoms with Crippen LogP contribution < -0.4 is 5.32 Å². The zero-order valence-corrected chi connectivity index (χ0v) is 40.9. The van der Waals surface area contributed by atoms with Gasteiger partial charge in [0.2, 0.25) is 5.91 Å². The van der Waals surface area contributed by atoms with Crippen LogP contribution in [0.4, 0.5) is 0 Å². The van der Waals surface area contributed by atoms with Crippen molar-refractivity contribution in [2.45, 2.75) is 185 Å². The normalized spacial score (nSPS) is 41.0. The molecule has 8 unspecified atom stereocenters. The highest BCUT2D eigenvalue weighted by Gasteiger charge is 2.53. The topological polar surface area (TPSA) is 236 Å². The van der Waals surface area contributed by atoms with Crippen molar-refractivity contribution in [2.24, 2.45) is 23.7 Å². The van der Waals surface area contributed by atoms with Crippen LogP contribution >= 0.6 is 0 Å². The monoisotopic (exact) mass is 932 g/mol. The fourth-order valence-electron chi connectivity index (χ4n) is 10.2. The molecule has 18 atom stereocenters. The van der Waals surface area contributed by atoms with Crippen molar-refractivity contribution in [1.29, 1.82) is 0 Å². The van der Waals surface area contributed by atoms with E-state index in [1.54, 1.807) is 40.8 Å². The van der Waals surface area contributed by atoms with Gasteiger partial charge in [0.15, 0.2) is 12.6 Å². The van der Waals surface area contributed by atoms with E-state index in [0.717, 1.165) is 16.5 Å². The van der Waals surface area contributed by atoms with Crippen molar-refractivity contribution in [3.8, 4) is 0 Å². The van der Waals surface area contributed by atoms with Crippen molar-refractivity contribution >= 4 is 28.6 Å². The van der Waals surface area contributed by atoms with Crippen LogP contribution in [-0.4, -0.2) is 165 Å². The van der Waals surface area contributed by atoms with Gasteiger partial charge in [-0.3, -0.25) is 19.4 Å². The van der Waals surface area contributed by atoms with Crippen molar-refractivity contribution < 1.29 is 68.3 Å². The number of pyridine rings is 1. The third-order valence-corrected chi connectivity index (χ3v) is 14.5. The largest absolute Gasteiger partial charge is 0.459 e. The first-order valence-corrected chi connectivity index (χ1v) is 23.5. The van der Waals surface area contributed by atoms with Gasteiger partial charge in [0.1, 0.15) is 29.7 Å². The van der Waals surface area contributed by atoms with Crippen LogP contribution in [0.25, 0.3) is 10.9 Å². The summed E-state index contributed by atoms with van der Waals surface area (Å²) in [5, 5.41) is 63.0. The Labute approximate surface area is 389 Å². The minimum Gasteiger partial charge on any atom is -0.459 e. The Morgan fingerprint density at radius 3 is 2.29 bits per heavy atom. The number of nitrogens with zero attached hydrogens (tertiary/aromatic N) is 2. The van der Waals surface area contributed by atoms with Crippen LogP contribution in [0.3, 0.4) is 0 Å². The molecule has 4 heterocycles. The molecule has 66 heavy (non-hydrogen) atoms. The third-order valence-electron chi connectivity index (χ3n) is 14.5. The molecule has 1 amide bonds. The number of aliphatic hydroxyl groups excluding tert-OH is 3. The first-order chi connectivity index (χ1) is 30.8. The number of Topliss-reactive ketones (excluding diaryl/α,β-unsaturated/α-hetero) is 1.